The summed E-state index contributed by atoms with van der Waals surface area (Å²) in [5, 5.41) is 10.1. The molecule has 2 heterocycles. The monoisotopic (exact) mass is 384 g/mol. The Morgan fingerprint density at radius 1 is 1.07 bits per heavy atom. The van der Waals surface area contributed by atoms with Gasteiger partial charge in [-0.25, -0.2) is 0 Å². The Labute approximate surface area is 168 Å². The fourth-order valence-electron chi connectivity index (χ4n) is 3.77. The second kappa shape index (κ2) is 9.49. The molecule has 2 aliphatic heterocycles. The lowest BCUT2D eigenvalue weighted by Crippen LogP contribution is -2.47. The topological polar surface area (TPSA) is 53.0 Å². The molecule has 0 fully saturated rings. The molecule has 2 aromatic rings. The Balaban J connectivity index is 0.000000660. The number of fused-ring (bicyclic) bond motifs is 3. The number of aromatic hydroxyl groups is 1. The van der Waals surface area contributed by atoms with Gasteiger partial charge in [-0.05, 0) is 23.6 Å². The molecule has 0 saturated heterocycles. The van der Waals surface area contributed by atoms with Crippen LogP contribution in [-0.4, -0.2) is 42.7 Å². The van der Waals surface area contributed by atoms with Crippen molar-refractivity contribution >= 4 is 11.6 Å². The minimum Gasteiger partial charge on any atom is -0.504 e. The van der Waals surface area contributed by atoms with Crippen LogP contribution in [0.5, 0.6) is 11.5 Å². The molecule has 2 aliphatic rings. The van der Waals surface area contributed by atoms with Gasteiger partial charge in [0.2, 0.25) is 0 Å². The van der Waals surface area contributed by atoms with E-state index >= 15 is 0 Å². The summed E-state index contributed by atoms with van der Waals surface area (Å²) >= 11 is 0. The first-order chi connectivity index (χ1) is 13.6. The molecule has 5 heteroatoms. The summed E-state index contributed by atoms with van der Waals surface area (Å²) < 4.78 is 5.19. The number of hydrogen-bond donors (Lipinski definition) is 1. The molecule has 152 valence electrons. The maximum absolute atomic E-state index is 13.2. The highest BCUT2D eigenvalue weighted by Crippen LogP contribution is 2.38. The van der Waals surface area contributed by atoms with E-state index in [2.05, 4.69) is 12.1 Å². The maximum Gasteiger partial charge on any atom is 0.256 e. The Morgan fingerprint density at radius 2 is 1.71 bits per heavy atom. The van der Waals surface area contributed by atoms with E-state index in [9.17, 15) is 9.90 Å². The van der Waals surface area contributed by atoms with Gasteiger partial charge in [0.15, 0.2) is 11.5 Å². The second-order valence-corrected chi connectivity index (χ2v) is 6.48. The zero-order chi connectivity index (χ0) is 20.8. The Morgan fingerprint density at radius 3 is 2.36 bits per heavy atom. The van der Waals surface area contributed by atoms with Gasteiger partial charge in [-0.1, -0.05) is 52.0 Å². The van der Waals surface area contributed by atoms with Gasteiger partial charge < -0.3 is 19.6 Å². The molecule has 0 aliphatic carbocycles. The minimum atomic E-state index is -0.00727. The van der Waals surface area contributed by atoms with Gasteiger partial charge in [0, 0.05) is 26.2 Å². The average molecular weight is 385 g/mol. The van der Waals surface area contributed by atoms with Gasteiger partial charge >= 0.3 is 0 Å². The van der Waals surface area contributed by atoms with Crippen molar-refractivity contribution in [2.45, 2.75) is 46.7 Å². The zero-order valence-electron chi connectivity index (χ0n) is 17.8. The summed E-state index contributed by atoms with van der Waals surface area (Å²) in [6.45, 7) is 9.36. The number of phenolic OH excluding ortho intramolecular Hbond substituents is 1. The molecule has 1 N–H and O–H groups in total. The van der Waals surface area contributed by atoms with E-state index in [1.807, 2.05) is 56.7 Å². The zero-order valence-corrected chi connectivity index (χ0v) is 17.8. The van der Waals surface area contributed by atoms with Gasteiger partial charge in [0.25, 0.3) is 5.91 Å². The number of rotatable bonds is 1. The summed E-state index contributed by atoms with van der Waals surface area (Å²) in [6.07, 6.45) is 0.851. The number of likely N-dealkylation sites (N-methyl/N-ethyl adjacent to an activating group) is 1. The molecule has 0 aromatic heterocycles. The van der Waals surface area contributed by atoms with Crippen LogP contribution in [0.4, 0.5) is 5.69 Å². The van der Waals surface area contributed by atoms with Gasteiger partial charge in [-0.15, -0.1) is 0 Å². The van der Waals surface area contributed by atoms with E-state index in [-0.39, 0.29) is 17.7 Å². The maximum atomic E-state index is 13.2. The van der Waals surface area contributed by atoms with E-state index in [1.165, 1.54) is 18.2 Å². The summed E-state index contributed by atoms with van der Waals surface area (Å²) in [4.78, 5) is 17.2. The van der Waals surface area contributed by atoms with Gasteiger partial charge in [-0.3, -0.25) is 4.79 Å². The lowest BCUT2D eigenvalue weighted by atomic mass is 9.93. The van der Waals surface area contributed by atoms with Crippen LogP contribution < -0.4 is 9.64 Å². The van der Waals surface area contributed by atoms with Crippen LogP contribution in [0, 0.1) is 0 Å². The number of phenols is 1. The largest absolute Gasteiger partial charge is 0.504 e. The average Bonchev–Trinajstić information content (AvgIpc) is 2.83. The van der Waals surface area contributed by atoms with Crippen molar-refractivity contribution in [2.24, 2.45) is 0 Å². The molecule has 0 spiro atoms. The lowest BCUT2D eigenvalue weighted by molar-refractivity contribution is 0.0657. The van der Waals surface area contributed by atoms with Crippen LogP contribution in [0.25, 0.3) is 0 Å². The third-order valence-corrected chi connectivity index (χ3v) is 5.04. The van der Waals surface area contributed by atoms with Crippen LogP contribution in [0.2, 0.25) is 0 Å². The van der Waals surface area contributed by atoms with E-state index in [0.29, 0.717) is 17.9 Å². The van der Waals surface area contributed by atoms with Crippen LogP contribution in [0.15, 0.2) is 36.4 Å². The number of carbonyl (C=O) groups is 1. The fraction of sp³-hybridized carbons (Fsp3) is 0.435. The van der Waals surface area contributed by atoms with Gasteiger partial charge in [0.05, 0.1) is 24.4 Å². The number of ether oxygens (including phenoxy) is 1. The van der Waals surface area contributed by atoms with Crippen LogP contribution in [0.3, 0.4) is 0 Å². The molecule has 0 bridgehead atoms. The first-order valence-corrected chi connectivity index (χ1v) is 10.1. The number of benzene rings is 2. The van der Waals surface area contributed by atoms with Gasteiger partial charge in [-0.2, -0.15) is 0 Å². The molecule has 1 atom stereocenters. The number of nitrogens with zero attached hydrogens (tertiary/aromatic N) is 2. The summed E-state index contributed by atoms with van der Waals surface area (Å²) in [6, 6.07) is 11.7. The number of amides is 1. The molecule has 5 nitrogen and oxygen atoms in total. The molecule has 1 unspecified atom stereocenters. The van der Waals surface area contributed by atoms with Gasteiger partial charge in [0.1, 0.15) is 0 Å². The molecule has 28 heavy (non-hydrogen) atoms. The van der Waals surface area contributed by atoms with Crippen LogP contribution >= 0.6 is 0 Å². The van der Waals surface area contributed by atoms with Crippen molar-refractivity contribution in [3.63, 3.8) is 0 Å². The fourth-order valence-corrected chi connectivity index (χ4v) is 3.77. The molecule has 4 rings (SSSR count). The van der Waals surface area contributed by atoms with E-state index < -0.39 is 0 Å². The number of carbonyl (C=O) groups excluding carboxylic acids is 1. The van der Waals surface area contributed by atoms with Crippen LogP contribution in [-0.2, 0) is 13.0 Å². The standard InChI is InChI=1S/C19H20N2O3.2C2H6/c1-20-11-14-7-12-5-3-4-6-13(12)10-21(14)19(23)15-8-18(24-2)17(22)9-16(15)20;2*1-2/h3-6,8-9,14,22H,7,10-11H2,1-2H3;2*1-2H3. The molecule has 0 radical (unpaired) electrons. The third-order valence-electron chi connectivity index (χ3n) is 5.04. The van der Waals surface area contributed by atoms with Crippen LogP contribution in [0.1, 0.15) is 49.2 Å². The van der Waals surface area contributed by atoms with Crippen molar-refractivity contribution < 1.29 is 14.6 Å². The number of methoxy groups -OCH3 is 1. The quantitative estimate of drug-likeness (QED) is 0.788. The third kappa shape index (κ3) is 3.93. The first-order valence-electron chi connectivity index (χ1n) is 10.1. The predicted molar refractivity (Wildman–Crippen MR) is 114 cm³/mol. The summed E-state index contributed by atoms with van der Waals surface area (Å²) in [5.74, 6) is 0.373. The van der Waals surface area contributed by atoms with E-state index in [1.54, 1.807) is 12.1 Å². The molecule has 2 aromatic carbocycles. The smallest absolute Gasteiger partial charge is 0.256 e. The second-order valence-electron chi connectivity index (χ2n) is 6.48. The van der Waals surface area contributed by atoms with Crippen molar-refractivity contribution in [3.05, 3.63) is 53.1 Å². The van der Waals surface area contributed by atoms with E-state index in [4.69, 9.17) is 4.74 Å². The highest BCUT2D eigenvalue weighted by atomic mass is 16.5. The Bertz CT molecular complexity index is 819. The van der Waals surface area contributed by atoms with Crippen molar-refractivity contribution in [2.75, 3.05) is 25.6 Å². The highest BCUT2D eigenvalue weighted by molar-refractivity contribution is 6.01. The number of anilines is 1. The van der Waals surface area contributed by atoms with Crippen molar-refractivity contribution in [1.29, 1.82) is 0 Å². The normalized spacial score (nSPS) is 16.9. The molecular formula is C23H32N2O3. The summed E-state index contributed by atoms with van der Waals surface area (Å²) in [7, 11) is 3.45. The molecule has 1 amide bonds. The van der Waals surface area contributed by atoms with Crippen molar-refractivity contribution in [3.8, 4) is 11.5 Å². The number of hydrogen-bond acceptors (Lipinski definition) is 4. The van der Waals surface area contributed by atoms with E-state index in [0.717, 1.165) is 18.7 Å². The highest BCUT2D eigenvalue weighted by Gasteiger charge is 2.36. The predicted octanol–water partition coefficient (Wildman–Crippen LogP) is 4.47. The molecular weight excluding hydrogens is 352 g/mol. The summed E-state index contributed by atoms with van der Waals surface area (Å²) in [5.41, 5.74) is 3.84. The Kier molecular flexibility index (Phi) is 7.32. The lowest BCUT2D eigenvalue weighted by Gasteiger charge is -2.36. The first kappa shape index (κ1) is 21.6. The Hall–Kier alpha value is -2.69. The molecule has 0 saturated carbocycles. The SMILES string of the molecule is CC.CC.COc1cc2c(cc1O)N(C)CC1Cc3ccccc3CN1C2=O. The van der Waals surface area contributed by atoms with Crippen molar-refractivity contribution in [1.82, 2.24) is 4.90 Å². The minimum absolute atomic E-state index is 0.00727.